The largest absolute Gasteiger partial charge is 0.459 e. The summed E-state index contributed by atoms with van der Waals surface area (Å²) in [5.74, 6) is -1.08. The van der Waals surface area contributed by atoms with E-state index in [4.69, 9.17) is 4.74 Å². The SMILES string of the molecule is CC(C)OC(=O)c1ccc(NC(=O)[C@H]2CC(=O)N(c3ccccc3)C2)cc1. The van der Waals surface area contributed by atoms with Crippen molar-refractivity contribution in [3.63, 3.8) is 0 Å². The minimum atomic E-state index is -0.414. The third-order valence-corrected chi connectivity index (χ3v) is 4.29. The number of benzene rings is 2. The lowest BCUT2D eigenvalue weighted by molar-refractivity contribution is -0.122. The normalized spacial score (nSPS) is 16.5. The van der Waals surface area contributed by atoms with E-state index in [0.29, 0.717) is 17.8 Å². The van der Waals surface area contributed by atoms with Crippen LogP contribution in [0.3, 0.4) is 0 Å². The first-order valence-corrected chi connectivity index (χ1v) is 8.91. The third-order valence-electron chi connectivity index (χ3n) is 4.29. The molecule has 1 atom stereocenters. The number of ether oxygens (including phenoxy) is 1. The summed E-state index contributed by atoms with van der Waals surface area (Å²) in [6, 6.07) is 15.8. The van der Waals surface area contributed by atoms with Crippen LogP contribution in [0.1, 0.15) is 30.6 Å². The number of hydrogen-bond acceptors (Lipinski definition) is 4. The Morgan fingerprint density at radius 3 is 2.37 bits per heavy atom. The van der Waals surface area contributed by atoms with Gasteiger partial charge in [-0.2, -0.15) is 0 Å². The van der Waals surface area contributed by atoms with Crippen molar-refractivity contribution in [3.8, 4) is 0 Å². The molecule has 2 amide bonds. The molecule has 2 aromatic carbocycles. The lowest BCUT2D eigenvalue weighted by Gasteiger charge is -2.16. The first kappa shape index (κ1) is 18.6. The van der Waals surface area contributed by atoms with E-state index in [0.717, 1.165) is 5.69 Å². The van der Waals surface area contributed by atoms with Crippen LogP contribution < -0.4 is 10.2 Å². The molecule has 2 aromatic rings. The maximum absolute atomic E-state index is 12.5. The Balaban J connectivity index is 1.61. The zero-order chi connectivity index (χ0) is 19.4. The maximum Gasteiger partial charge on any atom is 0.338 e. The highest BCUT2D eigenvalue weighted by molar-refractivity contribution is 6.03. The second-order valence-electron chi connectivity index (χ2n) is 6.76. The number of anilines is 2. The summed E-state index contributed by atoms with van der Waals surface area (Å²) < 4.78 is 5.13. The highest BCUT2D eigenvalue weighted by atomic mass is 16.5. The van der Waals surface area contributed by atoms with E-state index in [-0.39, 0.29) is 24.3 Å². The van der Waals surface area contributed by atoms with Gasteiger partial charge in [-0.1, -0.05) is 18.2 Å². The standard InChI is InChI=1S/C21H22N2O4/c1-14(2)27-21(26)15-8-10-17(11-9-15)22-20(25)16-12-19(24)23(13-16)18-6-4-3-5-7-18/h3-11,14,16H,12-13H2,1-2H3,(H,22,25)/t16-/m0/s1. The summed E-state index contributed by atoms with van der Waals surface area (Å²) in [6.45, 7) is 3.93. The van der Waals surface area contributed by atoms with Crippen LogP contribution in [0, 0.1) is 5.92 Å². The number of nitrogens with one attached hydrogen (secondary N) is 1. The maximum atomic E-state index is 12.5. The van der Waals surface area contributed by atoms with E-state index in [1.165, 1.54) is 0 Å². The molecule has 1 aliphatic rings. The smallest absolute Gasteiger partial charge is 0.338 e. The van der Waals surface area contributed by atoms with Crippen LogP contribution in [-0.2, 0) is 14.3 Å². The molecular formula is C21H22N2O4. The Labute approximate surface area is 158 Å². The molecule has 0 radical (unpaired) electrons. The van der Waals surface area contributed by atoms with Crippen molar-refractivity contribution < 1.29 is 19.1 Å². The Hall–Kier alpha value is -3.15. The average molecular weight is 366 g/mol. The Kier molecular flexibility index (Phi) is 5.54. The highest BCUT2D eigenvalue weighted by Gasteiger charge is 2.35. The first-order valence-electron chi connectivity index (χ1n) is 8.91. The Bertz CT molecular complexity index is 831. The second-order valence-corrected chi connectivity index (χ2v) is 6.76. The van der Waals surface area contributed by atoms with Gasteiger partial charge in [0.05, 0.1) is 17.6 Å². The molecule has 0 spiro atoms. The van der Waals surface area contributed by atoms with Gasteiger partial charge in [0.1, 0.15) is 0 Å². The van der Waals surface area contributed by atoms with Gasteiger partial charge in [0.25, 0.3) is 0 Å². The van der Waals surface area contributed by atoms with E-state index in [9.17, 15) is 14.4 Å². The molecule has 1 fully saturated rings. The van der Waals surface area contributed by atoms with Gasteiger partial charge in [-0.05, 0) is 50.2 Å². The summed E-state index contributed by atoms with van der Waals surface area (Å²) in [4.78, 5) is 38.3. The van der Waals surface area contributed by atoms with Crippen LogP contribution in [-0.4, -0.2) is 30.4 Å². The quantitative estimate of drug-likeness (QED) is 0.824. The molecule has 0 aliphatic carbocycles. The molecule has 27 heavy (non-hydrogen) atoms. The molecule has 0 unspecified atom stereocenters. The molecule has 0 saturated carbocycles. The Morgan fingerprint density at radius 1 is 1.07 bits per heavy atom. The summed E-state index contributed by atoms with van der Waals surface area (Å²) in [5, 5.41) is 2.81. The summed E-state index contributed by atoms with van der Waals surface area (Å²) in [5.41, 5.74) is 1.80. The summed E-state index contributed by atoms with van der Waals surface area (Å²) in [7, 11) is 0. The van der Waals surface area contributed by atoms with Crippen LogP contribution >= 0.6 is 0 Å². The predicted molar refractivity (Wildman–Crippen MR) is 103 cm³/mol. The first-order chi connectivity index (χ1) is 12.9. The molecule has 6 nitrogen and oxygen atoms in total. The van der Waals surface area contributed by atoms with Crippen molar-refractivity contribution in [2.24, 2.45) is 5.92 Å². The molecule has 1 saturated heterocycles. The van der Waals surface area contributed by atoms with Gasteiger partial charge in [-0.25, -0.2) is 4.79 Å². The van der Waals surface area contributed by atoms with Gasteiger partial charge < -0.3 is 15.0 Å². The highest BCUT2D eigenvalue weighted by Crippen LogP contribution is 2.25. The molecule has 0 bridgehead atoms. The van der Waals surface area contributed by atoms with E-state index < -0.39 is 11.9 Å². The monoisotopic (exact) mass is 366 g/mol. The van der Waals surface area contributed by atoms with Crippen LogP contribution in [0.2, 0.25) is 0 Å². The molecular weight excluding hydrogens is 344 g/mol. The third kappa shape index (κ3) is 4.53. The van der Waals surface area contributed by atoms with Gasteiger partial charge in [-0.15, -0.1) is 0 Å². The number of nitrogens with zero attached hydrogens (tertiary/aromatic N) is 1. The number of rotatable bonds is 5. The zero-order valence-corrected chi connectivity index (χ0v) is 15.3. The number of esters is 1. The number of para-hydroxylation sites is 1. The molecule has 1 aliphatic heterocycles. The fourth-order valence-corrected chi connectivity index (χ4v) is 2.96. The zero-order valence-electron chi connectivity index (χ0n) is 15.3. The molecule has 6 heteroatoms. The predicted octanol–water partition coefficient (Wildman–Crippen LogP) is 3.24. The molecule has 3 rings (SSSR count). The van der Waals surface area contributed by atoms with E-state index in [1.807, 2.05) is 30.3 Å². The average Bonchev–Trinajstić information content (AvgIpc) is 3.04. The van der Waals surface area contributed by atoms with E-state index in [1.54, 1.807) is 43.0 Å². The van der Waals surface area contributed by atoms with Crippen LogP contribution in [0.4, 0.5) is 11.4 Å². The molecule has 1 heterocycles. The van der Waals surface area contributed by atoms with Gasteiger partial charge in [0.2, 0.25) is 11.8 Å². The van der Waals surface area contributed by atoms with Gasteiger partial charge in [-0.3, -0.25) is 9.59 Å². The van der Waals surface area contributed by atoms with Crippen molar-refractivity contribution >= 4 is 29.2 Å². The number of carbonyl (C=O) groups is 3. The summed E-state index contributed by atoms with van der Waals surface area (Å²) in [6.07, 6.45) is -0.0103. The number of hydrogen-bond donors (Lipinski definition) is 1. The molecule has 140 valence electrons. The number of amides is 2. The molecule has 1 N–H and O–H groups in total. The minimum Gasteiger partial charge on any atom is -0.459 e. The summed E-state index contributed by atoms with van der Waals surface area (Å²) >= 11 is 0. The van der Waals surface area contributed by atoms with Crippen LogP contribution in [0.5, 0.6) is 0 Å². The lowest BCUT2D eigenvalue weighted by atomic mass is 10.1. The fraction of sp³-hybridized carbons (Fsp3) is 0.286. The van der Waals surface area contributed by atoms with Crippen molar-refractivity contribution in [1.82, 2.24) is 0 Å². The van der Waals surface area contributed by atoms with Crippen molar-refractivity contribution in [2.45, 2.75) is 26.4 Å². The van der Waals surface area contributed by atoms with Crippen molar-refractivity contribution in [2.75, 3.05) is 16.8 Å². The number of carbonyl (C=O) groups excluding carboxylic acids is 3. The van der Waals surface area contributed by atoms with Crippen LogP contribution in [0.15, 0.2) is 54.6 Å². The topological polar surface area (TPSA) is 75.7 Å². The van der Waals surface area contributed by atoms with E-state index in [2.05, 4.69) is 5.32 Å². The van der Waals surface area contributed by atoms with Crippen LogP contribution in [0.25, 0.3) is 0 Å². The van der Waals surface area contributed by atoms with Gasteiger partial charge in [0.15, 0.2) is 0 Å². The second kappa shape index (κ2) is 8.03. The van der Waals surface area contributed by atoms with E-state index >= 15 is 0 Å². The van der Waals surface area contributed by atoms with Gasteiger partial charge >= 0.3 is 5.97 Å². The Morgan fingerprint density at radius 2 is 1.74 bits per heavy atom. The van der Waals surface area contributed by atoms with Gasteiger partial charge in [0, 0.05) is 24.3 Å². The molecule has 0 aromatic heterocycles. The lowest BCUT2D eigenvalue weighted by Crippen LogP contribution is -2.28. The minimum absolute atomic E-state index is 0.0619. The van der Waals surface area contributed by atoms with Crippen molar-refractivity contribution in [3.05, 3.63) is 60.2 Å². The van der Waals surface area contributed by atoms with Crippen molar-refractivity contribution in [1.29, 1.82) is 0 Å². The fourth-order valence-electron chi connectivity index (χ4n) is 2.96.